The first-order valence-electron chi connectivity index (χ1n) is 7.24. The second-order valence-electron chi connectivity index (χ2n) is 5.48. The summed E-state index contributed by atoms with van der Waals surface area (Å²) < 4.78 is 0. The third-order valence-electron chi connectivity index (χ3n) is 3.92. The number of hydrogen-bond donors (Lipinski definition) is 1. The van der Waals surface area contributed by atoms with E-state index in [9.17, 15) is 4.79 Å². The van der Waals surface area contributed by atoms with Gasteiger partial charge in [0, 0.05) is 6.54 Å². The van der Waals surface area contributed by atoms with Crippen molar-refractivity contribution in [2.24, 2.45) is 5.92 Å². The highest BCUT2D eigenvalue weighted by atomic mass is 16.2. The summed E-state index contributed by atoms with van der Waals surface area (Å²) in [7, 11) is 2.09. The largest absolute Gasteiger partial charge is 0.349 e. The van der Waals surface area contributed by atoms with Crippen LogP contribution in [-0.2, 0) is 4.79 Å². The fourth-order valence-corrected chi connectivity index (χ4v) is 2.78. The zero-order valence-electron chi connectivity index (χ0n) is 11.9. The predicted molar refractivity (Wildman–Crippen MR) is 77.8 cm³/mol. The Hall–Kier alpha value is -1.35. The summed E-state index contributed by atoms with van der Waals surface area (Å²) in [4.78, 5) is 14.6. The fraction of sp³-hybridized carbons (Fsp3) is 0.562. The van der Waals surface area contributed by atoms with Crippen LogP contribution in [0.15, 0.2) is 30.3 Å². The number of rotatable bonds is 4. The highest BCUT2D eigenvalue weighted by Gasteiger charge is 2.25. The van der Waals surface area contributed by atoms with Crippen molar-refractivity contribution in [2.45, 2.75) is 32.2 Å². The first-order valence-corrected chi connectivity index (χ1v) is 7.24. The molecule has 3 heteroatoms. The molecule has 1 aliphatic rings. The van der Waals surface area contributed by atoms with Crippen LogP contribution in [-0.4, -0.2) is 30.9 Å². The maximum atomic E-state index is 12.3. The average molecular weight is 260 g/mol. The van der Waals surface area contributed by atoms with Gasteiger partial charge in [0.25, 0.3) is 0 Å². The number of amides is 1. The maximum absolute atomic E-state index is 12.3. The van der Waals surface area contributed by atoms with Crippen LogP contribution < -0.4 is 5.32 Å². The standard InChI is InChI=1S/C16H24N2O/c1-3-15(13-8-5-4-6-9-13)17-16(19)14-10-7-11-18(2)12-14/h4-6,8-9,14-15H,3,7,10-12H2,1-2H3,(H,17,19)/t14-,15+/m0/s1. The average Bonchev–Trinajstić information content (AvgIpc) is 2.45. The van der Waals surface area contributed by atoms with Crippen LogP contribution in [0.25, 0.3) is 0 Å². The minimum atomic E-state index is 0.140. The zero-order chi connectivity index (χ0) is 13.7. The molecular weight excluding hydrogens is 236 g/mol. The lowest BCUT2D eigenvalue weighted by Crippen LogP contribution is -2.42. The number of hydrogen-bond acceptors (Lipinski definition) is 2. The van der Waals surface area contributed by atoms with Crippen LogP contribution in [0.2, 0.25) is 0 Å². The Morgan fingerprint density at radius 1 is 1.42 bits per heavy atom. The number of piperidine rings is 1. The fourth-order valence-electron chi connectivity index (χ4n) is 2.78. The van der Waals surface area contributed by atoms with Crippen LogP contribution in [0.5, 0.6) is 0 Å². The van der Waals surface area contributed by atoms with Crippen molar-refractivity contribution in [3.63, 3.8) is 0 Å². The summed E-state index contributed by atoms with van der Waals surface area (Å²) in [6.07, 6.45) is 3.07. The molecule has 1 N–H and O–H groups in total. The SMILES string of the molecule is CC[C@@H](NC(=O)[C@H]1CCCN(C)C1)c1ccccc1. The molecule has 19 heavy (non-hydrogen) atoms. The van der Waals surface area contributed by atoms with Gasteiger partial charge in [0.05, 0.1) is 12.0 Å². The molecule has 1 saturated heterocycles. The van der Waals surface area contributed by atoms with Gasteiger partial charge in [0.2, 0.25) is 5.91 Å². The van der Waals surface area contributed by atoms with Crippen molar-refractivity contribution in [2.75, 3.05) is 20.1 Å². The number of benzene rings is 1. The molecule has 0 saturated carbocycles. The Labute approximate surface area is 116 Å². The van der Waals surface area contributed by atoms with E-state index in [-0.39, 0.29) is 17.9 Å². The number of carbonyl (C=O) groups is 1. The van der Waals surface area contributed by atoms with Gasteiger partial charge in [-0.25, -0.2) is 0 Å². The summed E-state index contributed by atoms with van der Waals surface area (Å²) in [5.41, 5.74) is 1.20. The molecule has 0 aliphatic carbocycles. The molecule has 0 aromatic heterocycles. The minimum Gasteiger partial charge on any atom is -0.349 e. The number of likely N-dealkylation sites (tertiary alicyclic amines) is 1. The van der Waals surface area contributed by atoms with E-state index >= 15 is 0 Å². The normalized spacial score (nSPS) is 21.9. The van der Waals surface area contributed by atoms with Crippen LogP contribution in [0, 0.1) is 5.92 Å². The van der Waals surface area contributed by atoms with Gasteiger partial charge in [0.1, 0.15) is 0 Å². The van der Waals surface area contributed by atoms with Crippen LogP contribution in [0.1, 0.15) is 37.8 Å². The smallest absolute Gasteiger partial charge is 0.224 e. The summed E-state index contributed by atoms with van der Waals surface area (Å²) in [5.74, 6) is 0.360. The van der Waals surface area contributed by atoms with Crippen molar-refractivity contribution in [3.8, 4) is 0 Å². The lowest BCUT2D eigenvalue weighted by Gasteiger charge is -2.30. The molecule has 0 unspecified atom stereocenters. The van der Waals surface area contributed by atoms with Gasteiger partial charge in [-0.1, -0.05) is 37.3 Å². The van der Waals surface area contributed by atoms with E-state index in [1.54, 1.807) is 0 Å². The van der Waals surface area contributed by atoms with Crippen LogP contribution in [0.4, 0.5) is 0 Å². The first kappa shape index (κ1) is 14.1. The number of carbonyl (C=O) groups excluding carboxylic acids is 1. The Morgan fingerprint density at radius 2 is 2.16 bits per heavy atom. The van der Waals surface area contributed by atoms with Crippen LogP contribution in [0.3, 0.4) is 0 Å². The first-order chi connectivity index (χ1) is 9.20. The summed E-state index contributed by atoms with van der Waals surface area (Å²) in [6.45, 7) is 4.11. The summed E-state index contributed by atoms with van der Waals surface area (Å²) >= 11 is 0. The topological polar surface area (TPSA) is 32.3 Å². The van der Waals surface area contributed by atoms with Crippen molar-refractivity contribution in [1.29, 1.82) is 0 Å². The predicted octanol–water partition coefficient (Wildman–Crippen LogP) is 2.60. The third kappa shape index (κ3) is 3.80. The molecule has 1 aromatic carbocycles. The molecule has 0 bridgehead atoms. The number of nitrogens with zero attached hydrogens (tertiary/aromatic N) is 1. The van der Waals surface area contributed by atoms with Gasteiger partial charge in [-0.05, 0) is 38.4 Å². The van der Waals surface area contributed by atoms with Gasteiger partial charge >= 0.3 is 0 Å². The van der Waals surface area contributed by atoms with Crippen LogP contribution >= 0.6 is 0 Å². The van der Waals surface area contributed by atoms with Gasteiger partial charge in [0.15, 0.2) is 0 Å². The van der Waals surface area contributed by atoms with E-state index in [1.807, 2.05) is 18.2 Å². The molecule has 1 amide bonds. The molecule has 1 heterocycles. The van der Waals surface area contributed by atoms with E-state index in [4.69, 9.17) is 0 Å². The van der Waals surface area contributed by atoms with E-state index in [1.165, 1.54) is 5.56 Å². The lowest BCUT2D eigenvalue weighted by atomic mass is 9.96. The Morgan fingerprint density at radius 3 is 2.79 bits per heavy atom. The molecule has 1 fully saturated rings. The molecule has 1 aromatic rings. The van der Waals surface area contributed by atoms with E-state index in [0.29, 0.717) is 0 Å². The Kier molecular flexibility index (Phi) is 4.97. The molecule has 0 radical (unpaired) electrons. The van der Waals surface area contributed by atoms with Gasteiger partial charge in [-0.15, -0.1) is 0 Å². The van der Waals surface area contributed by atoms with E-state index < -0.39 is 0 Å². The molecule has 2 rings (SSSR count). The second-order valence-corrected chi connectivity index (χ2v) is 5.48. The summed E-state index contributed by atoms with van der Waals surface area (Å²) in [6, 6.07) is 10.4. The molecule has 1 aliphatic heterocycles. The second kappa shape index (κ2) is 6.71. The summed E-state index contributed by atoms with van der Waals surface area (Å²) in [5, 5.41) is 3.21. The van der Waals surface area contributed by atoms with E-state index in [2.05, 4.69) is 36.3 Å². The number of nitrogens with one attached hydrogen (secondary N) is 1. The molecule has 2 atom stereocenters. The molecule has 104 valence electrons. The third-order valence-corrected chi connectivity index (χ3v) is 3.92. The quantitative estimate of drug-likeness (QED) is 0.902. The van der Waals surface area contributed by atoms with Gasteiger partial charge in [-0.3, -0.25) is 4.79 Å². The molecular formula is C16H24N2O. The monoisotopic (exact) mass is 260 g/mol. The van der Waals surface area contributed by atoms with Crippen molar-refractivity contribution in [3.05, 3.63) is 35.9 Å². The van der Waals surface area contributed by atoms with E-state index in [0.717, 1.165) is 32.4 Å². The zero-order valence-corrected chi connectivity index (χ0v) is 11.9. The lowest BCUT2D eigenvalue weighted by molar-refractivity contribution is -0.127. The maximum Gasteiger partial charge on any atom is 0.224 e. The highest BCUT2D eigenvalue weighted by Crippen LogP contribution is 2.20. The Balaban J connectivity index is 1.96. The minimum absolute atomic E-state index is 0.140. The van der Waals surface area contributed by atoms with Crippen molar-refractivity contribution >= 4 is 5.91 Å². The molecule has 0 spiro atoms. The highest BCUT2D eigenvalue weighted by molar-refractivity contribution is 5.79. The molecule has 3 nitrogen and oxygen atoms in total. The van der Waals surface area contributed by atoms with Gasteiger partial charge < -0.3 is 10.2 Å². The van der Waals surface area contributed by atoms with Crippen molar-refractivity contribution < 1.29 is 4.79 Å². The van der Waals surface area contributed by atoms with Gasteiger partial charge in [-0.2, -0.15) is 0 Å². The Bertz CT molecular complexity index is 404. The van der Waals surface area contributed by atoms with Crippen molar-refractivity contribution in [1.82, 2.24) is 10.2 Å².